The van der Waals surface area contributed by atoms with Gasteiger partial charge in [-0.25, -0.2) is 4.98 Å². The highest BCUT2D eigenvalue weighted by molar-refractivity contribution is 5.68. The van der Waals surface area contributed by atoms with Crippen molar-refractivity contribution in [1.29, 1.82) is 0 Å². The predicted octanol–water partition coefficient (Wildman–Crippen LogP) is 2.73. The number of benzene rings is 1. The van der Waals surface area contributed by atoms with Crippen molar-refractivity contribution >= 4 is 0 Å². The van der Waals surface area contributed by atoms with Crippen LogP contribution in [0.2, 0.25) is 0 Å². The van der Waals surface area contributed by atoms with E-state index in [0.29, 0.717) is 0 Å². The highest BCUT2D eigenvalue weighted by Crippen LogP contribution is 2.28. The van der Waals surface area contributed by atoms with Crippen molar-refractivity contribution in [2.45, 2.75) is 27.3 Å². The first-order valence-electron chi connectivity index (χ1n) is 6.27. The maximum absolute atomic E-state index is 4.48. The molecule has 0 spiro atoms. The van der Waals surface area contributed by atoms with Crippen LogP contribution >= 0.6 is 0 Å². The Morgan fingerprint density at radius 3 is 2.44 bits per heavy atom. The van der Waals surface area contributed by atoms with E-state index in [1.807, 2.05) is 13.4 Å². The van der Waals surface area contributed by atoms with Gasteiger partial charge in [0.1, 0.15) is 0 Å². The van der Waals surface area contributed by atoms with E-state index >= 15 is 0 Å². The average molecular weight is 243 g/mol. The van der Waals surface area contributed by atoms with Crippen LogP contribution in [-0.2, 0) is 13.6 Å². The number of imidazole rings is 1. The van der Waals surface area contributed by atoms with Crippen LogP contribution in [-0.4, -0.2) is 16.6 Å². The molecule has 0 atom stereocenters. The fourth-order valence-electron chi connectivity index (χ4n) is 2.34. The summed E-state index contributed by atoms with van der Waals surface area (Å²) in [6, 6.07) is 4.52. The molecule has 0 unspecified atom stereocenters. The molecule has 0 bridgehead atoms. The zero-order valence-corrected chi connectivity index (χ0v) is 11.8. The third-order valence-corrected chi connectivity index (χ3v) is 3.45. The SMILES string of the molecule is CNCc1ncn(C)c1-c1cc(C)c(C)cc1C. The second kappa shape index (κ2) is 4.94. The van der Waals surface area contributed by atoms with E-state index in [9.17, 15) is 0 Å². The fourth-order valence-corrected chi connectivity index (χ4v) is 2.34. The summed E-state index contributed by atoms with van der Waals surface area (Å²) in [7, 11) is 4.00. The van der Waals surface area contributed by atoms with Gasteiger partial charge in [-0.05, 0) is 50.6 Å². The minimum absolute atomic E-state index is 0.794. The number of hydrogen-bond donors (Lipinski definition) is 1. The number of nitrogens with one attached hydrogen (secondary N) is 1. The smallest absolute Gasteiger partial charge is 0.0952 e. The molecule has 1 aromatic carbocycles. The third-order valence-electron chi connectivity index (χ3n) is 3.45. The van der Waals surface area contributed by atoms with Gasteiger partial charge in [-0.15, -0.1) is 0 Å². The molecular weight excluding hydrogens is 222 g/mol. The summed E-state index contributed by atoms with van der Waals surface area (Å²) in [6.45, 7) is 7.27. The highest BCUT2D eigenvalue weighted by Gasteiger charge is 2.13. The average Bonchev–Trinajstić information content (AvgIpc) is 2.66. The lowest BCUT2D eigenvalue weighted by Crippen LogP contribution is -2.07. The summed E-state index contributed by atoms with van der Waals surface area (Å²) in [5.74, 6) is 0. The van der Waals surface area contributed by atoms with E-state index in [4.69, 9.17) is 0 Å². The molecule has 3 nitrogen and oxygen atoms in total. The van der Waals surface area contributed by atoms with Crippen LogP contribution in [0.25, 0.3) is 11.3 Å². The fraction of sp³-hybridized carbons (Fsp3) is 0.400. The Morgan fingerprint density at radius 1 is 1.11 bits per heavy atom. The van der Waals surface area contributed by atoms with Crippen molar-refractivity contribution in [3.05, 3.63) is 40.8 Å². The van der Waals surface area contributed by atoms with Crippen LogP contribution in [0.4, 0.5) is 0 Å². The first kappa shape index (κ1) is 12.8. The van der Waals surface area contributed by atoms with Crippen molar-refractivity contribution in [3.8, 4) is 11.3 Å². The molecule has 0 aliphatic rings. The number of hydrogen-bond acceptors (Lipinski definition) is 2. The van der Waals surface area contributed by atoms with E-state index in [1.54, 1.807) is 0 Å². The topological polar surface area (TPSA) is 29.9 Å². The van der Waals surface area contributed by atoms with Crippen molar-refractivity contribution in [1.82, 2.24) is 14.9 Å². The summed E-state index contributed by atoms with van der Waals surface area (Å²) >= 11 is 0. The maximum Gasteiger partial charge on any atom is 0.0952 e. The highest BCUT2D eigenvalue weighted by atomic mass is 15.0. The van der Waals surface area contributed by atoms with Gasteiger partial charge in [0.15, 0.2) is 0 Å². The van der Waals surface area contributed by atoms with Gasteiger partial charge in [0.05, 0.1) is 17.7 Å². The molecule has 0 radical (unpaired) electrons. The first-order valence-corrected chi connectivity index (χ1v) is 6.27. The van der Waals surface area contributed by atoms with Gasteiger partial charge < -0.3 is 9.88 Å². The lowest BCUT2D eigenvalue weighted by Gasteiger charge is -2.12. The van der Waals surface area contributed by atoms with Crippen molar-refractivity contribution in [2.75, 3.05) is 7.05 Å². The Morgan fingerprint density at radius 2 is 1.78 bits per heavy atom. The summed E-state index contributed by atoms with van der Waals surface area (Å²) in [4.78, 5) is 4.48. The van der Waals surface area contributed by atoms with E-state index in [2.05, 4.69) is 54.8 Å². The molecule has 0 aliphatic carbocycles. The molecule has 1 aromatic heterocycles. The van der Waals surface area contributed by atoms with Crippen molar-refractivity contribution in [3.63, 3.8) is 0 Å². The van der Waals surface area contributed by atoms with E-state index in [1.165, 1.54) is 27.9 Å². The van der Waals surface area contributed by atoms with Gasteiger partial charge in [0, 0.05) is 19.2 Å². The molecule has 3 heteroatoms. The van der Waals surface area contributed by atoms with Crippen LogP contribution < -0.4 is 5.32 Å². The second-order valence-electron chi connectivity index (χ2n) is 4.93. The molecule has 0 fully saturated rings. The van der Waals surface area contributed by atoms with E-state index in [-0.39, 0.29) is 0 Å². The summed E-state index contributed by atoms with van der Waals surface area (Å²) < 4.78 is 2.10. The Labute approximate surface area is 109 Å². The molecule has 0 saturated carbocycles. The molecule has 1 N–H and O–H groups in total. The van der Waals surface area contributed by atoms with E-state index in [0.717, 1.165) is 12.2 Å². The van der Waals surface area contributed by atoms with Crippen LogP contribution in [0.5, 0.6) is 0 Å². The molecule has 0 saturated heterocycles. The lowest BCUT2D eigenvalue weighted by atomic mass is 9.97. The Bertz CT molecular complexity index is 567. The van der Waals surface area contributed by atoms with Gasteiger partial charge in [0.2, 0.25) is 0 Å². The summed E-state index contributed by atoms with van der Waals surface area (Å²) in [6.07, 6.45) is 1.89. The van der Waals surface area contributed by atoms with Gasteiger partial charge >= 0.3 is 0 Å². The normalized spacial score (nSPS) is 10.9. The summed E-state index contributed by atoms with van der Waals surface area (Å²) in [5.41, 5.74) is 7.57. The van der Waals surface area contributed by atoms with Gasteiger partial charge in [-0.1, -0.05) is 6.07 Å². The Hall–Kier alpha value is -1.61. The molecular formula is C15H21N3. The second-order valence-corrected chi connectivity index (χ2v) is 4.93. The Balaban J connectivity index is 2.61. The van der Waals surface area contributed by atoms with Crippen LogP contribution in [0.15, 0.2) is 18.5 Å². The first-order chi connectivity index (χ1) is 8.54. The lowest BCUT2D eigenvalue weighted by molar-refractivity contribution is 0.797. The number of aryl methyl sites for hydroxylation is 4. The number of rotatable bonds is 3. The van der Waals surface area contributed by atoms with Gasteiger partial charge in [0.25, 0.3) is 0 Å². The zero-order chi connectivity index (χ0) is 13.3. The molecule has 2 aromatic rings. The van der Waals surface area contributed by atoms with Crippen molar-refractivity contribution < 1.29 is 0 Å². The number of aromatic nitrogens is 2. The molecule has 96 valence electrons. The minimum Gasteiger partial charge on any atom is -0.333 e. The van der Waals surface area contributed by atoms with Crippen LogP contribution in [0, 0.1) is 20.8 Å². The van der Waals surface area contributed by atoms with Gasteiger partial charge in [-0.2, -0.15) is 0 Å². The maximum atomic E-state index is 4.48. The number of nitrogens with zero attached hydrogens (tertiary/aromatic N) is 2. The predicted molar refractivity (Wildman–Crippen MR) is 75.6 cm³/mol. The monoisotopic (exact) mass is 243 g/mol. The molecule has 1 heterocycles. The molecule has 2 rings (SSSR count). The minimum atomic E-state index is 0.794. The third kappa shape index (κ3) is 2.18. The Kier molecular flexibility index (Phi) is 3.53. The van der Waals surface area contributed by atoms with Crippen LogP contribution in [0.1, 0.15) is 22.4 Å². The quantitative estimate of drug-likeness (QED) is 0.898. The largest absolute Gasteiger partial charge is 0.333 e. The van der Waals surface area contributed by atoms with Gasteiger partial charge in [-0.3, -0.25) is 0 Å². The molecule has 18 heavy (non-hydrogen) atoms. The standard InChI is InChI=1S/C15H21N3/c1-10-6-12(3)13(7-11(10)2)15-14(8-16-4)17-9-18(15)5/h6-7,9,16H,8H2,1-5H3. The molecule has 0 aliphatic heterocycles. The van der Waals surface area contributed by atoms with E-state index < -0.39 is 0 Å². The zero-order valence-electron chi connectivity index (χ0n) is 11.8. The van der Waals surface area contributed by atoms with Crippen molar-refractivity contribution in [2.24, 2.45) is 7.05 Å². The molecule has 0 amide bonds. The van der Waals surface area contributed by atoms with Crippen LogP contribution in [0.3, 0.4) is 0 Å². The summed E-state index contributed by atoms with van der Waals surface area (Å²) in [5, 5.41) is 3.18.